The number of rotatable bonds is 5. The average Bonchev–Trinajstić information content (AvgIpc) is 3.06. The second kappa shape index (κ2) is 7.29. The van der Waals surface area contributed by atoms with Crippen LogP contribution in [0.2, 0.25) is 0 Å². The first-order valence-corrected chi connectivity index (χ1v) is 7.33. The van der Waals surface area contributed by atoms with E-state index in [1.165, 1.54) is 23.3 Å². The Morgan fingerprint density at radius 2 is 1.92 bits per heavy atom. The van der Waals surface area contributed by atoms with E-state index in [1.54, 1.807) is 18.2 Å². The number of alkyl halides is 3. The zero-order chi connectivity index (χ0) is 18.6. The maximum Gasteiger partial charge on any atom is 0.417 e. The molecule has 1 N–H and O–H groups in total. The van der Waals surface area contributed by atoms with Gasteiger partial charge in [0.25, 0.3) is 0 Å². The lowest BCUT2D eigenvalue weighted by Crippen LogP contribution is -2.13. The van der Waals surface area contributed by atoms with Crippen molar-refractivity contribution in [1.82, 2.24) is 9.55 Å². The lowest BCUT2D eigenvalue weighted by molar-refractivity contribution is -0.0856. The Hall–Kier alpha value is -2.96. The van der Waals surface area contributed by atoms with Crippen LogP contribution in [0.1, 0.15) is 21.5 Å². The first-order valence-electron chi connectivity index (χ1n) is 7.33. The van der Waals surface area contributed by atoms with Crippen molar-refractivity contribution < 1.29 is 18.0 Å². The van der Waals surface area contributed by atoms with E-state index in [4.69, 9.17) is 5.41 Å². The highest BCUT2D eigenvalue weighted by atomic mass is 19.4. The summed E-state index contributed by atoms with van der Waals surface area (Å²) in [6.07, 6.45) is 1.46. The van der Waals surface area contributed by atoms with Gasteiger partial charge in [0.15, 0.2) is 5.78 Å². The standard InChI is InChI=1S/C18H16F3N3O/c1-12-3-4-14(7-13(12)2)17(25)9-16(24-6-5-23-11-24)8-15(10-22)18(19,20)21/h3-11,22H,1-2H3/b15-8+,16-9+,22-10?. The number of carbonyl (C=O) groups excluding carboxylic acids is 1. The molecule has 2 rings (SSSR count). The maximum atomic E-state index is 12.9. The van der Waals surface area contributed by atoms with Crippen LogP contribution in [0, 0.1) is 19.3 Å². The number of imidazole rings is 1. The largest absolute Gasteiger partial charge is 0.417 e. The summed E-state index contributed by atoms with van der Waals surface area (Å²) < 4.78 is 40.1. The predicted molar refractivity (Wildman–Crippen MR) is 89.7 cm³/mol. The second-order valence-corrected chi connectivity index (χ2v) is 5.44. The van der Waals surface area contributed by atoms with Gasteiger partial charge in [0, 0.05) is 30.2 Å². The number of benzene rings is 1. The van der Waals surface area contributed by atoms with Crippen LogP contribution in [0.4, 0.5) is 13.2 Å². The highest BCUT2D eigenvalue weighted by Gasteiger charge is 2.32. The Morgan fingerprint density at radius 1 is 1.20 bits per heavy atom. The number of aromatic nitrogens is 2. The molecule has 0 aliphatic rings. The summed E-state index contributed by atoms with van der Waals surface area (Å²) in [6.45, 7) is 3.75. The molecule has 0 radical (unpaired) electrons. The smallest absolute Gasteiger partial charge is 0.308 e. The third kappa shape index (κ3) is 4.53. The molecule has 0 saturated carbocycles. The average molecular weight is 347 g/mol. The highest BCUT2D eigenvalue weighted by molar-refractivity contribution is 6.08. The van der Waals surface area contributed by atoms with E-state index < -0.39 is 17.5 Å². The molecule has 1 aromatic carbocycles. The first-order chi connectivity index (χ1) is 11.7. The molecule has 0 aliphatic carbocycles. The van der Waals surface area contributed by atoms with E-state index >= 15 is 0 Å². The fraction of sp³-hybridized carbons (Fsp3) is 0.167. The van der Waals surface area contributed by atoms with Crippen LogP contribution in [-0.4, -0.2) is 27.7 Å². The molecular weight excluding hydrogens is 331 g/mol. The van der Waals surface area contributed by atoms with E-state index in [9.17, 15) is 18.0 Å². The summed E-state index contributed by atoms with van der Waals surface area (Å²) in [5.74, 6) is -0.436. The number of nitrogens with zero attached hydrogens (tertiary/aromatic N) is 2. The number of nitrogens with one attached hydrogen (secondary N) is 1. The van der Waals surface area contributed by atoms with Crippen molar-refractivity contribution in [3.8, 4) is 0 Å². The number of ketones is 1. The molecule has 7 heteroatoms. The molecule has 0 saturated heterocycles. The van der Waals surface area contributed by atoms with Gasteiger partial charge >= 0.3 is 6.18 Å². The van der Waals surface area contributed by atoms with Crippen molar-refractivity contribution in [3.63, 3.8) is 0 Å². The van der Waals surface area contributed by atoms with Crippen LogP contribution < -0.4 is 0 Å². The summed E-state index contributed by atoms with van der Waals surface area (Å²) in [7, 11) is 0. The zero-order valence-corrected chi connectivity index (χ0v) is 13.6. The minimum atomic E-state index is -4.69. The molecule has 2 aromatic rings. The van der Waals surface area contributed by atoms with Gasteiger partial charge in [0.1, 0.15) is 0 Å². The Bertz CT molecular complexity index is 847. The molecule has 1 aromatic heterocycles. The van der Waals surface area contributed by atoms with E-state index in [0.717, 1.165) is 23.3 Å². The summed E-state index contributed by atoms with van der Waals surface area (Å²) in [6, 6.07) is 5.09. The molecule has 1 heterocycles. The summed E-state index contributed by atoms with van der Waals surface area (Å²) in [5.41, 5.74) is 1.10. The Morgan fingerprint density at radius 3 is 2.44 bits per heavy atom. The summed E-state index contributed by atoms with van der Waals surface area (Å²) >= 11 is 0. The Balaban J connectivity index is 2.50. The molecule has 25 heavy (non-hydrogen) atoms. The third-order valence-electron chi connectivity index (χ3n) is 3.66. The monoisotopic (exact) mass is 347 g/mol. The number of halogens is 3. The number of hydrogen-bond acceptors (Lipinski definition) is 3. The van der Waals surface area contributed by atoms with Crippen LogP contribution in [0.25, 0.3) is 5.70 Å². The van der Waals surface area contributed by atoms with Crippen molar-refractivity contribution >= 4 is 17.7 Å². The number of hydrogen-bond donors (Lipinski definition) is 1. The van der Waals surface area contributed by atoms with Crippen LogP contribution in [0.15, 0.2) is 54.6 Å². The molecule has 0 amide bonds. The van der Waals surface area contributed by atoms with Crippen molar-refractivity contribution in [2.45, 2.75) is 20.0 Å². The van der Waals surface area contributed by atoms with Gasteiger partial charge in [0.05, 0.1) is 17.6 Å². The van der Waals surface area contributed by atoms with Crippen LogP contribution in [-0.2, 0) is 0 Å². The lowest BCUT2D eigenvalue weighted by atomic mass is 10.0. The second-order valence-electron chi connectivity index (χ2n) is 5.44. The molecule has 0 spiro atoms. The molecular formula is C18H16F3N3O. The molecule has 0 bridgehead atoms. The van der Waals surface area contributed by atoms with E-state index in [2.05, 4.69) is 4.98 Å². The molecule has 0 fully saturated rings. The normalized spacial score (nSPS) is 13.0. The third-order valence-corrected chi connectivity index (χ3v) is 3.66. The van der Waals surface area contributed by atoms with Gasteiger partial charge in [0.2, 0.25) is 0 Å². The summed E-state index contributed by atoms with van der Waals surface area (Å²) in [5, 5.41) is 6.98. The Labute approximate surface area is 142 Å². The van der Waals surface area contributed by atoms with Crippen molar-refractivity contribution in [2.24, 2.45) is 0 Å². The highest BCUT2D eigenvalue weighted by Crippen LogP contribution is 2.26. The van der Waals surface area contributed by atoms with Gasteiger partial charge < -0.3 is 9.98 Å². The van der Waals surface area contributed by atoms with E-state index in [1.807, 2.05) is 13.8 Å². The van der Waals surface area contributed by atoms with Crippen molar-refractivity contribution in [2.75, 3.05) is 0 Å². The van der Waals surface area contributed by atoms with Gasteiger partial charge in [-0.25, -0.2) is 4.98 Å². The van der Waals surface area contributed by atoms with Crippen LogP contribution >= 0.6 is 0 Å². The molecule has 0 aliphatic heterocycles. The lowest BCUT2D eigenvalue weighted by Gasteiger charge is -2.10. The maximum absolute atomic E-state index is 12.9. The van der Waals surface area contributed by atoms with Crippen molar-refractivity contribution in [3.05, 3.63) is 71.3 Å². The fourth-order valence-corrected chi connectivity index (χ4v) is 2.08. The molecule has 130 valence electrons. The quantitative estimate of drug-likeness (QED) is 0.378. The van der Waals surface area contributed by atoms with Crippen LogP contribution in [0.5, 0.6) is 0 Å². The van der Waals surface area contributed by atoms with E-state index in [-0.39, 0.29) is 11.9 Å². The number of aryl methyl sites for hydroxylation is 2. The minimum absolute atomic E-state index is 0.0310. The van der Waals surface area contributed by atoms with E-state index in [0.29, 0.717) is 5.56 Å². The van der Waals surface area contributed by atoms with Crippen molar-refractivity contribution in [1.29, 1.82) is 5.41 Å². The van der Waals surface area contributed by atoms with Gasteiger partial charge in [-0.2, -0.15) is 13.2 Å². The van der Waals surface area contributed by atoms with Gasteiger partial charge in [-0.1, -0.05) is 12.1 Å². The minimum Gasteiger partial charge on any atom is -0.308 e. The predicted octanol–water partition coefficient (Wildman–Crippen LogP) is 4.36. The van der Waals surface area contributed by atoms with Gasteiger partial charge in [-0.3, -0.25) is 4.79 Å². The van der Waals surface area contributed by atoms with Gasteiger partial charge in [-0.15, -0.1) is 0 Å². The number of allylic oxidation sites excluding steroid dienone is 4. The zero-order valence-electron chi connectivity index (χ0n) is 13.6. The molecule has 4 nitrogen and oxygen atoms in total. The molecule has 0 atom stereocenters. The topological polar surface area (TPSA) is 58.7 Å². The molecule has 0 unspecified atom stereocenters. The Kier molecular flexibility index (Phi) is 5.36. The van der Waals surface area contributed by atoms with Gasteiger partial charge in [-0.05, 0) is 37.1 Å². The van der Waals surface area contributed by atoms with Crippen LogP contribution in [0.3, 0.4) is 0 Å². The number of carbonyl (C=O) groups is 1. The SMILES string of the molecule is Cc1ccc(C(=O)/C=C(\C=C(/C=N)C(F)(F)F)n2ccnc2)cc1C. The first kappa shape index (κ1) is 18.4. The fourth-order valence-electron chi connectivity index (χ4n) is 2.08. The summed E-state index contributed by atoms with van der Waals surface area (Å²) in [4.78, 5) is 16.2.